The van der Waals surface area contributed by atoms with Crippen molar-refractivity contribution in [1.82, 2.24) is 5.32 Å². The molecule has 0 aliphatic carbocycles. The lowest BCUT2D eigenvalue weighted by molar-refractivity contribution is -0.123. The van der Waals surface area contributed by atoms with Gasteiger partial charge in [0.15, 0.2) is 18.1 Å². The van der Waals surface area contributed by atoms with E-state index in [2.05, 4.69) is 5.32 Å². The Bertz CT molecular complexity index is 1100. The zero-order valence-electron chi connectivity index (χ0n) is 17.2. The summed E-state index contributed by atoms with van der Waals surface area (Å²) in [7, 11) is 1.41. The fourth-order valence-corrected chi connectivity index (χ4v) is 3.18. The van der Waals surface area contributed by atoms with Gasteiger partial charge in [-0.1, -0.05) is 12.1 Å². The van der Waals surface area contributed by atoms with E-state index in [1.54, 1.807) is 18.2 Å². The van der Waals surface area contributed by atoms with E-state index in [0.29, 0.717) is 11.3 Å². The van der Waals surface area contributed by atoms with E-state index in [1.807, 2.05) is 19.9 Å². The first-order chi connectivity index (χ1) is 14.7. The summed E-state index contributed by atoms with van der Waals surface area (Å²) in [6.07, 6.45) is 1.35. The maximum atomic E-state index is 13.0. The largest absolute Gasteiger partial charge is 0.493 e. The van der Waals surface area contributed by atoms with Gasteiger partial charge in [-0.05, 0) is 60.9 Å². The van der Waals surface area contributed by atoms with Gasteiger partial charge in [0.1, 0.15) is 5.57 Å². The number of aryl methyl sites for hydroxylation is 2. The van der Waals surface area contributed by atoms with E-state index in [-0.39, 0.29) is 23.7 Å². The molecule has 160 valence electrons. The topological polar surface area (TPSA) is 128 Å². The Hall–Kier alpha value is -4.14. The minimum atomic E-state index is -0.815. The Morgan fingerprint density at radius 1 is 1.06 bits per heavy atom. The van der Waals surface area contributed by atoms with Gasteiger partial charge in [-0.25, -0.2) is 9.69 Å². The van der Waals surface area contributed by atoms with Crippen molar-refractivity contribution < 1.29 is 28.7 Å². The molecule has 0 bridgehead atoms. The second-order valence-corrected chi connectivity index (χ2v) is 6.97. The number of anilines is 1. The lowest BCUT2D eigenvalue weighted by Crippen LogP contribution is -2.54. The standard InChI is InChI=1S/C22H21N3O6/c1-12-6-13(2)8-15(7-12)25-21(28)16(20(27)24-22(25)29)9-14-4-5-17(18(10-14)30-3)31-11-19(23)26/h4-10H,11H2,1-3H3,(H2,23,26)(H,24,27,29)/b16-9+. The average molecular weight is 423 g/mol. The number of nitrogens with one attached hydrogen (secondary N) is 1. The molecule has 0 radical (unpaired) electrons. The highest BCUT2D eigenvalue weighted by Gasteiger charge is 2.37. The molecule has 2 aromatic rings. The van der Waals surface area contributed by atoms with Gasteiger partial charge in [0.05, 0.1) is 12.8 Å². The highest BCUT2D eigenvalue weighted by Crippen LogP contribution is 2.30. The molecular weight excluding hydrogens is 402 g/mol. The first-order valence-corrected chi connectivity index (χ1v) is 9.28. The molecule has 9 heteroatoms. The maximum Gasteiger partial charge on any atom is 0.335 e. The minimum absolute atomic E-state index is 0.216. The number of rotatable bonds is 6. The number of primary amides is 1. The third-order valence-corrected chi connectivity index (χ3v) is 4.43. The zero-order valence-corrected chi connectivity index (χ0v) is 17.2. The van der Waals surface area contributed by atoms with Crippen molar-refractivity contribution in [2.45, 2.75) is 13.8 Å². The lowest BCUT2D eigenvalue weighted by atomic mass is 10.0. The molecule has 9 nitrogen and oxygen atoms in total. The van der Waals surface area contributed by atoms with Gasteiger partial charge in [0.2, 0.25) is 0 Å². The number of nitrogens with zero attached hydrogens (tertiary/aromatic N) is 1. The Labute approximate surface area is 178 Å². The molecule has 0 saturated carbocycles. The van der Waals surface area contributed by atoms with Crippen LogP contribution in [0.5, 0.6) is 11.5 Å². The summed E-state index contributed by atoms with van der Waals surface area (Å²) in [5.74, 6) is -1.64. The van der Waals surface area contributed by atoms with Crippen molar-refractivity contribution >= 4 is 35.5 Å². The number of methoxy groups -OCH3 is 1. The van der Waals surface area contributed by atoms with E-state index in [9.17, 15) is 19.2 Å². The van der Waals surface area contributed by atoms with E-state index < -0.39 is 23.8 Å². The number of hydrogen-bond donors (Lipinski definition) is 2. The Balaban J connectivity index is 1.97. The maximum absolute atomic E-state index is 13.0. The predicted octanol–water partition coefficient (Wildman–Crippen LogP) is 1.84. The van der Waals surface area contributed by atoms with Crippen LogP contribution in [0.2, 0.25) is 0 Å². The van der Waals surface area contributed by atoms with E-state index in [0.717, 1.165) is 16.0 Å². The minimum Gasteiger partial charge on any atom is -0.493 e. The normalized spacial score (nSPS) is 15.1. The van der Waals surface area contributed by atoms with Gasteiger partial charge >= 0.3 is 6.03 Å². The summed E-state index contributed by atoms with van der Waals surface area (Å²) in [6.45, 7) is 3.36. The molecule has 1 saturated heterocycles. The van der Waals surface area contributed by atoms with Crippen molar-refractivity contribution in [1.29, 1.82) is 0 Å². The second kappa shape index (κ2) is 8.70. The molecule has 5 amide bonds. The van der Waals surface area contributed by atoms with Crippen molar-refractivity contribution in [3.63, 3.8) is 0 Å². The SMILES string of the molecule is COc1cc(/C=C2\C(=O)NC(=O)N(c3cc(C)cc(C)c3)C2=O)ccc1OCC(N)=O. The van der Waals surface area contributed by atoms with E-state index in [4.69, 9.17) is 15.2 Å². The van der Waals surface area contributed by atoms with Gasteiger partial charge < -0.3 is 15.2 Å². The number of amides is 5. The first-order valence-electron chi connectivity index (χ1n) is 9.28. The van der Waals surface area contributed by atoms with Gasteiger partial charge in [-0.3, -0.25) is 19.7 Å². The van der Waals surface area contributed by atoms with Crippen LogP contribution in [0.1, 0.15) is 16.7 Å². The average Bonchev–Trinajstić information content (AvgIpc) is 2.69. The number of barbiturate groups is 1. The number of carbonyl (C=O) groups excluding carboxylic acids is 4. The Morgan fingerprint density at radius 3 is 2.35 bits per heavy atom. The van der Waals surface area contributed by atoms with Gasteiger partial charge in [0.25, 0.3) is 17.7 Å². The van der Waals surface area contributed by atoms with Crippen LogP contribution >= 0.6 is 0 Å². The molecule has 1 heterocycles. The molecule has 31 heavy (non-hydrogen) atoms. The fourth-order valence-electron chi connectivity index (χ4n) is 3.18. The third kappa shape index (κ3) is 4.72. The number of ether oxygens (including phenoxy) is 2. The molecule has 0 aromatic heterocycles. The summed E-state index contributed by atoms with van der Waals surface area (Å²) in [5, 5.41) is 2.19. The number of hydrogen-bond acceptors (Lipinski definition) is 6. The molecule has 2 aromatic carbocycles. The molecular formula is C22H21N3O6. The smallest absolute Gasteiger partial charge is 0.335 e. The molecule has 1 aliphatic heterocycles. The summed E-state index contributed by atoms with van der Waals surface area (Å²) >= 11 is 0. The van der Waals surface area contributed by atoms with Crippen LogP contribution in [-0.2, 0) is 14.4 Å². The molecule has 3 N–H and O–H groups in total. The number of imide groups is 2. The van der Waals surface area contributed by atoms with Crippen LogP contribution in [0, 0.1) is 13.8 Å². The highest BCUT2D eigenvalue weighted by atomic mass is 16.5. The highest BCUT2D eigenvalue weighted by molar-refractivity contribution is 6.39. The molecule has 3 rings (SSSR count). The quantitative estimate of drug-likeness (QED) is 0.539. The van der Waals surface area contributed by atoms with Crippen molar-refractivity contribution in [2.24, 2.45) is 5.73 Å². The van der Waals surface area contributed by atoms with Crippen molar-refractivity contribution in [3.8, 4) is 11.5 Å². The molecule has 0 spiro atoms. The zero-order chi connectivity index (χ0) is 22.7. The Morgan fingerprint density at radius 2 is 1.74 bits per heavy atom. The van der Waals surface area contributed by atoms with E-state index >= 15 is 0 Å². The predicted molar refractivity (Wildman–Crippen MR) is 113 cm³/mol. The van der Waals surface area contributed by atoms with Crippen LogP contribution in [0.25, 0.3) is 6.08 Å². The summed E-state index contributed by atoms with van der Waals surface area (Å²) < 4.78 is 10.5. The second-order valence-electron chi connectivity index (χ2n) is 6.97. The summed E-state index contributed by atoms with van der Waals surface area (Å²) in [6, 6.07) is 9.09. The fraction of sp³-hybridized carbons (Fsp3) is 0.182. The monoisotopic (exact) mass is 423 g/mol. The molecule has 1 fully saturated rings. The summed E-state index contributed by atoms with van der Waals surface area (Å²) in [4.78, 5) is 49.6. The number of urea groups is 1. The lowest BCUT2D eigenvalue weighted by Gasteiger charge is -2.27. The van der Waals surface area contributed by atoms with Crippen LogP contribution in [-0.4, -0.2) is 37.5 Å². The Kier molecular flexibility index (Phi) is 6.05. The van der Waals surface area contributed by atoms with Crippen LogP contribution in [0.4, 0.5) is 10.5 Å². The number of carbonyl (C=O) groups is 4. The van der Waals surface area contributed by atoms with Crippen LogP contribution in [0.15, 0.2) is 42.0 Å². The molecule has 0 atom stereocenters. The van der Waals surface area contributed by atoms with Gasteiger partial charge in [-0.2, -0.15) is 0 Å². The van der Waals surface area contributed by atoms with Crippen molar-refractivity contribution in [3.05, 3.63) is 58.7 Å². The van der Waals surface area contributed by atoms with E-state index in [1.165, 1.54) is 25.3 Å². The molecule has 0 unspecified atom stereocenters. The molecule has 1 aliphatic rings. The summed E-state index contributed by atoms with van der Waals surface area (Å²) in [5.41, 5.74) is 7.42. The van der Waals surface area contributed by atoms with Gasteiger partial charge in [0, 0.05) is 0 Å². The third-order valence-electron chi connectivity index (χ3n) is 4.43. The van der Waals surface area contributed by atoms with Crippen molar-refractivity contribution in [2.75, 3.05) is 18.6 Å². The van der Waals surface area contributed by atoms with Crippen LogP contribution in [0.3, 0.4) is 0 Å². The number of benzene rings is 2. The number of nitrogens with two attached hydrogens (primary N) is 1. The van der Waals surface area contributed by atoms with Gasteiger partial charge in [-0.15, -0.1) is 0 Å². The first kappa shape index (κ1) is 21.6. The van der Waals surface area contributed by atoms with Crippen LogP contribution < -0.4 is 25.4 Å².